The van der Waals surface area contributed by atoms with Crippen molar-refractivity contribution < 1.29 is 14.2 Å². The number of nitrogens with zero attached hydrogens (tertiary/aromatic N) is 7. The molecule has 40 heavy (non-hydrogen) atoms. The molecule has 13 nitrogen and oxygen atoms in total. The highest BCUT2D eigenvalue weighted by Crippen LogP contribution is 2.24. The molecule has 4 rings (SSSR count). The standard InChI is InChI=1S/C27H34N10O3/c1-38-9-5-30-16-22(14-28)24-19-34-27(36-29)26(35-24)31-15-20-3-2-4-21(13-20)25-32-17-23(18-33-25)40-12-8-37-6-10-39-11-7-37/h2-4,13-14,16-19,29H,5-12,15,28H2,1H3,(H,31,35). The maximum Gasteiger partial charge on any atom is 0.216 e. The molecular weight excluding hydrogens is 512 g/mol. The predicted octanol–water partition coefficient (Wildman–Crippen LogP) is 2.94. The molecule has 1 fully saturated rings. The lowest BCUT2D eigenvalue weighted by atomic mass is 10.1. The van der Waals surface area contributed by atoms with Crippen LogP contribution < -0.4 is 15.8 Å². The van der Waals surface area contributed by atoms with Gasteiger partial charge in [-0.3, -0.25) is 9.89 Å². The second kappa shape index (κ2) is 15.3. The third kappa shape index (κ3) is 8.33. The molecule has 0 radical (unpaired) electrons. The highest BCUT2D eigenvalue weighted by molar-refractivity contribution is 6.08. The summed E-state index contributed by atoms with van der Waals surface area (Å²) in [6.07, 6.45) is 7.92. The van der Waals surface area contributed by atoms with Crippen molar-refractivity contribution in [3.05, 3.63) is 60.3 Å². The minimum absolute atomic E-state index is 0.167. The number of aromatic nitrogens is 4. The van der Waals surface area contributed by atoms with Crippen LogP contribution in [-0.2, 0) is 16.0 Å². The second-order valence-corrected chi connectivity index (χ2v) is 8.79. The molecule has 210 valence electrons. The van der Waals surface area contributed by atoms with Crippen molar-refractivity contribution in [2.75, 3.05) is 65.0 Å². The zero-order valence-corrected chi connectivity index (χ0v) is 22.5. The largest absolute Gasteiger partial charge is 0.489 e. The van der Waals surface area contributed by atoms with Gasteiger partial charge in [-0.15, -0.1) is 5.11 Å². The lowest BCUT2D eigenvalue weighted by Gasteiger charge is -2.26. The van der Waals surface area contributed by atoms with Crippen LogP contribution in [0.1, 0.15) is 11.3 Å². The van der Waals surface area contributed by atoms with Crippen molar-refractivity contribution in [2.45, 2.75) is 6.54 Å². The van der Waals surface area contributed by atoms with E-state index < -0.39 is 0 Å². The van der Waals surface area contributed by atoms with E-state index >= 15 is 0 Å². The van der Waals surface area contributed by atoms with Crippen LogP contribution in [0.2, 0.25) is 0 Å². The van der Waals surface area contributed by atoms with E-state index in [1.54, 1.807) is 25.7 Å². The number of anilines is 1. The molecule has 0 saturated carbocycles. The molecule has 0 unspecified atom stereocenters. The summed E-state index contributed by atoms with van der Waals surface area (Å²) >= 11 is 0. The Bertz CT molecular complexity index is 1290. The summed E-state index contributed by atoms with van der Waals surface area (Å²) < 4.78 is 16.2. The van der Waals surface area contributed by atoms with Gasteiger partial charge in [0.05, 0.1) is 50.6 Å². The number of nitrogens with one attached hydrogen (secondary N) is 2. The fourth-order valence-corrected chi connectivity index (χ4v) is 3.89. The number of aliphatic imine (C=N–C) groups is 1. The van der Waals surface area contributed by atoms with E-state index in [2.05, 4.69) is 40.3 Å². The first-order valence-corrected chi connectivity index (χ1v) is 12.9. The average Bonchev–Trinajstić information content (AvgIpc) is 3.01. The molecule has 0 spiro atoms. The van der Waals surface area contributed by atoms with Gasteiger partial charge in [0, 0.05) is 56.8 Å². The van der Waals surface area contributed by atoms with Crippen LogP contribution >= 0.6 is 0 Å². The molecule has 3 heterocycles. The van der Waals surface area contributed by atoms with E-state index in [-0.39, 0.29) is 5.82 Å². The number of morpholine rings is 1. The van der Waals surface area contributed by atoms with Crippen molar-refractivity contribution >= 4 is 23.4 Å². The van der Waals surface area contributed by atoms with Crippen molar-refractivity contribution in [3.63, 3.8) is 0 Å². The monoisotopic (exact) mass is 546 g/mol. The molecule has 0 amide bonds. The van der Waals surface area contributed by atoms with Gasteiger partial charge in [-0.1, -0.05) is 18.2 Å². The summed E-state index contributed by atoms with van der Waals surface area (Å²) in [7, 11) is 1.62. The third-order valence-corrected chi connectivity index (χ3v) is 6.04. The molecule has 1 aliphatic rings. The summed E-state index contributed by atoms with van der Waals surface area (Å²) in [5.41, 5.74) is 16.2. The molecule has 0 atom stereocenters. The molecule has 0 bridgehead atoms. The molecule has 1 aromatic carbocycles. The molecular formula is C27H34N10O3. The van der Waals surface area contributed by atoms with Crippen LogP contribution in [0.5, 0.6) is 5.75 Å². The molecule has 1 aliphatic heterocycles. The zero-order valence-electron chi connectivity index (χ0n) is 22.5. The lowest BCUT2D eigenvalue weighted by Crippen LogP contribution is -2.38. The summed E-state index contributed by atoms with van der Waals surface area (Å²) in [5, 5.41) is 6.71. The Balaban J connectivity index is 1.37. The predicted molar refractivity (Wildman–Crippen MR) is 152 cm³/mol. The van der Waals surface area contributed by atoms with E-state index in [0.717, 1.165) is 44.0 Å². The van der Waals surface area contributed by atoms with Crippen LogP contribution in [0.4, 0.5) is 11.6 Å². The van der Waals surface area contributed by atoms with Crippen LogP contribution in [0.25, 0.3) is 17.0 Å². The number of allylic oxidation sites excluding steroid dienone is 1. The zero-order chi connectivity index (χ0) is 28.0. The van der Waals surface area contributed by atoms with Gasteiger partial charge in [-0.2, -0.15) is 0 Å². The van der Waals surface area contributed by atoms with E-state index in [1.165, 1.54) is 12.4 Å². The molecule has 13 heteroatoms. The molecule has 3 aromatic rings. The minimum Gasteiger partial charge on any atom is -0.489 e. The fourth-order valence-electron chi connectivity index (χ4n) is 3.89. The molecule has 0 aliphatic carbocycles. The van der Waals surface area contributed by atoms with Crippen molar-refractivity contribution in [2.24, 2.45) is 15.8 Å². The van der Waals surface area contributed by atoms with Crippen molar-refractivity contribution in [1.82, 2.24) is 24.8 Å². The van der Waals surface area contributed by atoms with Gasteiger partial charge in [-0.25, -0.2) is 25.5 Å². The number of hydrogen-bond acceptors (Lipinski definition) is 13. The van der Waals surface area contributed by atoms with Gasteiger partial charge >= 0.3 is 0 Å². The van der Waals surface area contributed by atoms with E-state index in [0.29, 0.717) is 55.0 Å². The Kier molecular flexibility index (Phi) is 11.0. The maximum atomic E-state index is 7.47. The van der Waals surface area contributed by atoms with Gasteiger partial charge in [0.2, 0.25) is 5.82 Å². The minimum atomic E-state index is 0.167. The van der Waals surface area contributed by atoms with Crippen LogP contribution in [0.3, 0.4) is 0 Å². The number of hydrogen-bond donors (Lipinski definition) is 3. The topological polar surface area (TPSA) is 169 Å². The van der Waals surface area contributed by atoms with E-state index in [4.69, 9.17) is 25.5 Å². The fraction of sp³-hybridized carbons (Fsp3) is 0.370. The van der Waals surface area contributed by atoms with Gasteiger partial charge in [0.15, 0.2) is 17.4 Å². The quantitative estimate of drug-likeness (QED) is 0.155. The number of nitrogens with two attached hydrogens (primary N) is 1. The Labute approximate surface area is 233 Å². The first kappa shape index (κ1) is 28.7. The average molecular weight is 547 g/mol. The lowest BCUT2D eigenvalue weighted by molar-refractivity contribution is 0.0322. The molecule has 4 N–H and O–H groups in total. The van der Waals surface area contributed by atoms with E-state index in [1.807, 2.05) is 24.3 Å². The van der Waals surface area contributed by atoms with Gasteiger partial charge in [0.25, 0.3) is 0 Å². The Morgan fingerprint density at radius 1 is 1.18 bits per heavy atom. The Hall–Kier alpha value is -4.33. The molecule has 2 aromatic heterocycles. The Morgan fingerprint density at radius 3 is 2.75 bits per heavy atom. The summed E-state index contributed by atoms with van der Waals surface area (Å²) in [5.74, 6) is 1.75. The van der Waals surface area contributed by atoms with Gasteiger partial charge in [0.1, 0.15) is 6.61 Å². The number of rotatable bonds is 14. The summed E-state index contributed by atoms with van der Waals surface area (Å²) in [6, 6.07) is 7.85. The van der Waals surface area contributed by atoms with Gasteiger partial charge in [-0.05, 0) is 11.6 Å². The molecule has 1 saturated heterocycles. The van der Waals surface area contributed by atoms with Crippen LogP contribution in [0, 0.1) is 5.53 Å². The highest BCUT2D eigenvalue weighted by atomic mass is 16.5. The normalized spacial score (nSPS) is 14.4. The third-order valence-electron chi connectivity index (χ3n) is 6.04. The first-order chi connectivity index (χ1) is 19.7. The summed E-state index contributed by atoms with van der Waals surface area (Å²) in [4.78, 5) is 24.4. The second-order valence-electron chi connectivity index (χ2n) is 8.79. The SMILES string of the molecule is COCCN=CC(=CN)c1cnc(N=N)c(NCc2cccc(-c3ncc(OCCN4CCOCC4)cn3)c2)n1. The Morgan fingerprint density at radius 2 is 2.00 bits per heavy atom. The van der Waals surface area contributed by atoms with E-state index in [9.17, 15) is 0 Å². The van der Waals surface area contributed by atoms with Gasteiger partial charge < -0.3 is 25.3 Å². The van der Waals surface area contributed by atoms with Crippen molar-refractivity contribution in [3.8, 4) is 17.1 Å². The van der Waals surface area contributed by atoms with Crippen LogP contribution in [0.15, 0.2) is 59.2 Å². The number of ether oxygens (including phenoxy) is 3. The number of benzene rings is 1. The number of methoxy groups -OCH3 is 1. The summed E-state index contributed by atoms with van der Waals surface area (Å²) in [6.45, 7) is 6.22. The first-order valence-electron chi connectivity index (χ1n) is 12.9. The highest BCUT2D eigenvalue weighted by Gasteiger charge is 2.12. The maximum absolute atomic E-state index is 7.47. The van der Waals surface area contributed by atoms with Crippen molar-refractivity contribution in [1.29, 1.82) is 5.53 Å². The smallest absolute Gasteiger partial charge is 0.216 e. The van der Waals surface area contributed by atoms with Crippen LogP contribution in [-0.4, -0.2) is 90.8 Å².